The molecule has 0 aliphatic heterocycles. The number of aryl methyl sites for hydroxylation is 1. The van der Waals surface area contributed by atoms with Crippen LogP contribution < -0.4 is 5.32 Å². The summed E-state index contributed by atoms with van der Waals surface area (Å²) in [6.45, 7) is 3.83. The van der Waals surface area contributed by atoms with Gasteiger partial charge in [-0.15, -0.1) is 0 Å². The summed E-state index contributed by atoms with van der Waals surface area (Å²) in [5.41, 5.74) is 3.62. The number of amides is 1. The highest BCUT2D eigenvalue weighted by Gasteiger charge is 2.18. The monoisotopic (exact) mass is 406 g/mol. The van der Waals surface area contributed by atoms with Crippen molar-refractivity contribution in [2.75, 3.05) is 5.32 Å². The van der Waals surface area contributed by atoms with Crippen molar-refractivity contribution in [3.63, 3.8) is 0 Å². The summed E-state index contributed by atoms with van der Waals surface area (Å²) >= 11 is 6.10. The first kappa shape index (κ1) is 18.9. The first-order valence-corrected chi connectivity index (χ1v) is 9.56. The van der Waals surface area contributed by atoms with Crippen LogP contribution in [0.15, 0.2) is 54.7 Å². The Kier molecular flexibility index (Phi) is 5.14. The SMILES string of the molecule is CCc1c(C(=O)Nc2cccc(-c3n[nH]c(C)n3)c2)cnn1-c1cccc(Cl)c1. The van der Waals surface area contributed by atoms with Crippen LogP contribution in [0.2, 0.25) is 5.02 Å². The summed E-state index contributed by atoms with van der Waals surface area (Å²) in [4.78, 5) is 17.3. The maximum atomic E-state index is 12.9. The highest BCUT2D eigenvalue weighted by Crippen LogP contribution is 2.22. The zero-order valence-corrected chi connectivity index (χ0v) is 16.7. The molecule has 4 aromatic rings. The van der Waals surface area contributed by atoms with E-state index in [9.17, 15) is 4.79 Å². The minimum atomic E-state index is -0.224. The molecule has 4 rings (SSSR count). The van der Waals surface area contributed by atoms with E-state index < -0.39 is 0 Å². The van der Waals surface area contributed by atoms with Crippen molar-refractivity contribution >= 4 is 23.2 Å². The Morgan fingerprint density at radius 1 is 1.21 bits per heavy atom. The Hall–Kier alpha value is -3.45. The first-order valence-electron chi connectivity index (χ1n) is 9.19. The van der Waals surface area contributed by atoms with Gasteiger partial charge in [-0.05, 0) is 43.7 Å². The van der Waals surface area contributed by atoms with Gasteiger partial charge in [-0.25, -0.2) is 9.67 Å². The average molecular weight is 407 g/mol. The standard InChI is InChI=1S/C21H19ClN6O/c1-3-19-18(12-23-28(19)17-9-5-7-15(22)11-17)21(29)25-16-8-4-6-14(10-16)20-24-13(2)26-27-20/h4-12H,3H2,1-2H3,(H,25,29)(H,24,26,27). The Labute approximate surface area is 172 Å². The van der Waals surface area contributed by atoms with Crippen molar-refractivity contribution in [2.24, 2.45) is 0 Å². The Balaban J connectivity index is 1.61. The zero-order chi connectivity index (χ0) is 20.4. The van der Waals surface area contributed by atoms with Gasteiger partial charge in [-0.3, -0.25) is 9.89 Å². The summed E-state index contributed by atoms with van der Waals surface area (Å²) in [5, 5.41) is 14.9. The van der Waals surface area contributed by atoms with Crippen molar-refractivity contribution in [3.8, 4) is 17.1 Å². The normalized spacial score (nSPS) is 10.9. The molecule has 0 atom stereocenters. The summed E-state index contributed by atoms with van der Waals surface area (Å²) in [7, 11) is 0. The van der Waals surface area contributed by atoms with Crippen molar-refractivity contribution < 1.29 is 4.79 Å². The third-order valence-corrected chi connectivity index (χ3v) is 4.71. The van der Waals surface area contributed by atoms with Gasteiger partial charge in [0.25, 0.3) is 5.91 Å². The fourth-order valence-electron chi connectivity index (χ4n) is 3.14. The van der Waals surface area contributed by atoms with Crippen molar-refractivity contribution in [2.45, 2.75) is 20.3 Å². The smallest absolute Gasteiger partial charge is 0.259 e. The molecule has 0 aliphatic rings. The summed E-state index contributed by atoms with van der Waals surface area (Å²) < 4.78 is 1.74. The van der Waals surface area contributed by atoms with Crippen LogP contribution in [0, 0.1) is 6.92 Å². The molecule has 0 spiro atoms. The van der Waals surface area contributed by atoms with Crippen LogP contribution in [0.3, 0.4) is 0 Å². The quantitative estimate of drug-likeness (QED) is 0.513. The number of rotatable bonds is 5. The van der Waals surface area contributed by atoms with Crippen LogP contribution in [-0.4, -0.2) is 30.9 Å². The minimum Gasteiger partial charge on any atom is -0.322 e. The molecule has 1 amide bonds. The lowest BCUT2D eigenvalue weighted by molar-refractivity contribution is 0.102. The van der Waals surface area contributed by atoms with E-state index in [1.54, 1.807) is 16.9 Å². The molecule has 146 valence electrons. The number of nitrogens with zero attached hydrogens (tertiary/aromatic N) is 4. The summed E-state index contributed by atoms with van der Waals surface area (Å²) in [6, 6.07) is 14.8. The third-order valence-electron chi connectivity index (χ3n) is 4.48. The molecular formula is C21H19ClN6O. The van der Waals surface area contributed by atoms with E-state index in [2.05, 4.69) is 25.6 Å². The molecule has 0 unspecified atom stereocenters. The fraction of sp³-hybridized carbons (Fsp3) is 0.143. The predicted octanol–water partition coefficient (Wildman–Crippen LogP) is 4.43. The van der Waals surface area contributed by atoms with E-state index >= 15 is 0 Å². The molecule has 0 saturated heterocycles. The Morgan fingerprint density at radius 3 is 2.76 bits per heavy atom. The number of hydrogen-bond acceptors (Lipinski definition) is 4. The fourth-order valence-corrected chi connectivity index (χ4v) is 3.32. The van der Waals surface area contributed by atoms with Crippen LogP contribution in [0.5, 0.6) is 0 Å². The lowest BCUT2D eigenvalue weighted by Crippen LogP contribution is -2.14. The highest BCUT2D eigenvalue weighted by molar-refractivity contribution is 6.30. The van der Waals surface area contributed by atoms with Gasteiger partial charge in [0.1, 0.15) is 5.82 Å². The topological polar surface area (TPSA) is 88.5 Å². The lowest BCUT2D eigenvalue weighted by Gasteiger charge is -2.09. The number of nitrogens with one attached hydrogen (secondary N) is 2. The highest BCUT2D eigenvalue weighted by atomic mass is 35.5. The molecule has 0 bridgehead atoms. The second-order valence-corrected chi connectivity index (χ2v) is 6.97. The molecule has 2 aromatic heterocycles. The maximum absolute atomic E-state index is 12.9. The zero-order valence-electron chi connectivity index (χ0n) is 16.0. The number of carbonyl (C=O) groups is 1. The van der Waals surface area contributed by atoms with Crippen molar-refractivity contribution in [1.82, 2.24) is 25.0 Å². The Bertz CT molecular complexity index is 1180. The number of hydrogen-bond donors (Lipinski definition) is 2. The molecule has 2 N–H and O–H groups in total. The second-order valence-electron chi connectivity index (χ2n) is 6.53. The molecule has 2 aromatic carbocycles. The molecule has 29 heavy (non-hydrogen) atoms. The first-order chi connectivity index (χ1) is 14.0. The van der Waals surface area contributed by atoms with Crippen LogP contribution in [-0.2, 0) is 6.42 Å². The van der Waals surface area contributed by atoms with Gasteiger partial charge in [-0.2, -0.15) is 10.2 Å². The molecule has 0 saturated carbocycles. The van der Waals surface area contributed by atoms with Crippen molar-refractivity contribution in [1.29, 1.82) is 0 Å². The lowest BCUT2D eigenvalue weighted by atomic mass is 10.1. The van der Waals surface area contributed by atoms with E-state index in [1.807, 2.05) is 56.3 Å². The van der Waals surface area contributed by atoms with Gasteiger partial charge in [0.2, 0.25) is 0 Å². The predicted molar refractivity (Wildman–Crippen MR) is 112 cm³/mol. The number of aromatic nitrogens is 5. The van der Waals surface area contributed by atoms with E-state index in [-0.39, 0.29) is 5.91 Å². The number of anilines is 1. The Morgan fingerprint density at radius 2 is 2.03 bits per heavy atom. The van der Waals surface area contributed by atoms with Crippen LogP contribution >= 0.6 is 11.6 Å². The number of H-pyrrole nitrogens is 1. The summed E-state index contributed by atoms with van der Waals surface area (Å²) in [5.74, 6) is 1.09. The van der Waals surface area contributed by atoms with E-state index in [0.717, 1.165) is 22.8 Å². The largest absolute Gasteiger partial charge is 0.322 e. The molecule has 0 fully saturated rings. The van der Waals surface area contributed by atoms with Gasteiger partial charge in [0.15, 0.2) is 5.82 Å². The molecule has 2 heterocycles. The van der Waals surface area contributed by atoms with Crippen LogP contribution in [0.4, 0.5) is 5.69 Å². The van der Waals surface area contributed by atoms with Gasteiger partial charge >= 0.3 is 0 Å². The molecule has 8 heteroatoms. The van der Waals surface area contributed by atoms with Gasteiger partial charge in [-0.1, -0.05) is 36.7 Å². The maximum Gasteiger partial charge on any atom is 0.259 e. The van der Waals surface area contributed by atoms with Crippen LogP contribution in [0.25, 0.3) is 17.1 Å². The van der Waals surface area contributed by atoms with Crippen molar-refractivity contribution in [3.05, 3.63) is 76.8 Å². The molecule has 7 nitrogen and oxygen atoms in total. The number of aromatic amines is 1. The number of halogens is 1. The molecular weight excluding hydrogens is 388 g/mol. The molecule has 0 radical (unpaired) electrons. The van der Waals surface area contributed by atoms with Gasteiger partial charge in [0.05, 0.1) is 23.1 Å². The molecule has 0 aliphatic carbocycles. The van der Waals surface area contributed by atoms with Crippen LogP contribution in [0.1, 0.15) is 28.8 Å². The van der Waals surface area contributed by atoms with E-state index in [0.29, 0.717) is 28.5 Å². The summed E-state index contributed by atoms with van der Waals surface area (Å²) in [6.07, 6.45) is 2.23. The average Bonchev–Trinajstić information content (AvgIpc) is 3.34. The third kappa shape index (κ3) is 3.90. The van der Waals surface area contributed by atoms with Gasteiger partial charge in [0, 0.05) is 16.3 Å². The number of carbonyl (C=O) groups excluding carboxylic acids is 1. The van der Waals surface area contributed by atoms with E-state index in [1.165, 1.54) is 0 Å². The number of benzene rings is 2. The second kappa shape index (κ2) is 7.89. The van der Waals surface area contributed by atoms with Gasteiger partial charge < -0.3 is 5.32 Å². The minimum absolute atomic E-state index is 0.224. The van der Waals surface area contributed by atoms with E-state index in [4.69, 9.17) is 11.6 Å².